The highest BCUT2D eigenvalue weighted by molar-refractivity contribution is 8.17. The van der Waals surface area contributed by atoms with Crippen LogP contribution in [-0.2, 0) is 4.79 Å². The van der Waals surface area contributed by atoms with E-state index in [1.165, 1.54) is 10.6 Å². The molecule has 2 aliphatic rings. The van der Waals surface area contributed by atoms with E-state index in [4.69, 9.17) is 0 Å². The van der Waals surface area contributed by atoms with Crippen LogP contribution in [0, 0.1) is 0 Å². The maximum atomic E-state index is 13.0. The van der Waals surface area contributed by atoms with Gasteiger partial charge in [0.15, 0.2) is 0 Å². The molecule has 0 radical (unpaired) electrons. The van der Waals surface area contributed by atoms with Crippen molar-refractivity contribution in [1.82, 2.24) is 5.43 Å². The quantitative estimate of drug-likeness (QED) is 0.819. The molecule has 4 rings (SSSR count). The second-order valence-electron chi connectivity index (χ2n) is 5.88. The van der Waals surface area contributed by atoms with E-state index >= 15 is 0 Å². The molecule has 2 aromatic rings. The van der Waals surface area contributed by atoms with E-state index in [2.05, 4.69) is 48.6 Å². The van der Waals surface area contributed by atoms with E-state index in [1.54, 1.807) is 5.01 Å². The van der Waals surface area contributed by atoms with Crippen molar-refractivity contribution in [3.63, 3.8) is 0 Å². The van der Waals surface area contributed by atoms with Crippen molar-refractivity contribution < 1.29 is 4.79 Å². The van der Waals surface area contributed by atoms with Gasteiger partial charge >= 0.3 is 0 Å². The molecule has 1 fully saturated rings. The Hall–Kier alpha value is -2.11. The van der Waals surface area contributed by atoms with E-state index < -0.39 is 0 Å². The zero-order valence-electron chi connectivity index (χ0n) is 13.2. The zero-order chi connectivity index (χ0) is 16.0. The number of para-hydroxylation sites is 2. The summed E-state index contributed by atoms with van der Waals surface area (Å²) in [6, 6.07) is 18.2. The average molecular weight is 325 g/mol. The van der Waals surface area contributed by atoms with Crippen LogP contribution < -0.4 is 15.3 Å². The molecule has 1 saturated heterocycles. The highest BCUT2D eigenvalue weighted by Gasteiger charge is 2.37. The summed E-state index contributed by atoms with van der Waals surface area (Å²) < 4.78 is 0. The van der Waals surface area contributed by atoms with Crippen molar-refractivity contribution >= 4 is 32.6 Å². The van der Waals surface area contributed by atoms with Crippen LogP contribution in [0.3, 0.4) is 0 Å². The SMILES string of the molecule is CC1NN(c2ccccc2)C(=O)C1=S1CN(C)c2ccccc21. The summed E-state index contributed by atoms with van der Waals surface area (Å²) in [5.74, 6) is 0.979. The lowest BCUT2D eigenvalue weighted by Gasteiger charge is -2.15. The Kier molecular flexibility index (Phi) is 3.47. The first-order valence-electron chi connectivity index (χ1n) is 7.70. The molecule has 1 amide bonds. The Morgan fingerprint density at radius 1 is 1.09 bits per heavy atom. The molecule has 4 nitrogen and oxygen atoms in total. The number of benzene rings is 2. The van der Waals surface area contributed by atoms with Gasteiger partial charge in [0, 0.05) is 11.9 Å². The van der Waals surface area contributed by atoms with Gasteiger partial charge in [-0.2, -0.15) is 0 Å². The van der Waals surface area contributed by atoms with Gasteiger partial charge in [-0.3, -0.25) is 4.79 Å². The zero-order valence-corrected chi connectivity index (χ0v) is 14.0. The van der Waals surface area contributed by atoms with E-state index in [0.717, 1.165) is 16.4 Å². The number of nitrogens with zero attached hydrogens (tertiary/aromatic N) is 2. The van der Waals surface area contributed by atoms with Gasteiger partial charge in [-0.1, -0.05) is 30.3 Å². The molecule has 2 atom stereocenters. The minimum atomic E-state index is -0.173. The molecule has 0 spiro atoms. The number of hydrazine groups is 1. The van der Waals surface area contributed by atoms with Gasteiger partial charge in [0.2, 0.25) is 0 Å². The first-order valence-corrected chi connectivity index (χ1v) is 9.10. The predicted molar refractivity (Wildman–Crippen MR) is 97.1 cm³/mol. The fourth-order valence-electron chi connectivity index (χ4n) is 3.20. The summed E-state index contributed by atoms with van der Waals surface area (Å²) in [6.45, 7) is 2.07. The van der Waals surface area contributed by atoms with Crippen LogP contribution >= 0.6 is 10.5 Å². The van der Waals surface area contributed by atoms with Crippen LogP contribution in [0.15, 0.2) is 59.5 Å². The lowest BCUT2D eigenvalue weighted by Crippen LogP contribution is -2.36. The van der Waals surface area contributed by atoms with Gasteiger partial charge in [0.25, 0.3) is 5.91 Å². The molecule has 2 aliphatic heterocycles. The van der Waals surface area contributed by atoms with Crippen molar-refractivity contribution in [2.75, 3.05) is 22.8 Å². The lowest BCUT2D eigenvalue weighted by molar-refractivity contribution is -0.112. The van der Waals surface area contributed by atoms with Gasteiger partial charge < -0.3 is 4.90 Å². The topological polar surface area (TPSA) is 35.6 Å². The third-order valence-electron chi connectivity index (χ3n) is 4.27. The Labute approximate surface area is 138 Å². The minimum Gasteiger partial charge on any atom is -0.365 e. The number of fused-ring (bicyclic) bond motifs is 1. The van der Waals surface area contributed by atoms with Gasteiger partial charge in [-0.05, 0) is 31.2 Å². The van der Waals surface area contributed by atoms with Crippen molar-refractivity contribution in [2.24, 2.45) is 0 Å². The van der Waals surface area contributed by atoms with E-state index in [9.17, 15) is 4.79 Å². The van der Waals surface area contributed by atoms with Gasteiger partial charge in [0.05, 0.1) is 28.2 Å². The molecule has 0 bridgehead atoms. The number of hydrogen-bond donors (Lipinski definition) is 1. The summed E-state index contributed by atoms with van der Waals surface area (Å²) >= 11 is 0. The summed E-state index contributed by atoms with van der Waals surface area (Å²) in [7, 11) is 1.92. The fraction of sp³-hybridized carbons (Fsp3) is 0.222. The van der Waals surface area contributed by atoms with Gasteiger partial charge in [-0.25, -0.2) is 10.4 Å². The Morgan fingerprint density at radius 3 is 2.57 bits per heavy atom. The van der Waals surface area contributed by atoms with Crippen LogP contribution in [0.1, 0.15) is 6.92 Å². The number of carbonyl (C=O) groups excluding carboxylic acids is 1. The Balaban J connectivity index is 1.80. The van der Waals surface area contributed by atoms with Crippen molar-refractivity contribution in [3.05, 3.63) is 54.6 Å². The maximum absolute atomic E-state index is 13.0. The number of nitrogens with one attached hydrogen (secondary N) is 1. The highest BCUT2D eigenvalue weighted by atomic mass is 32.2. The second kappa shape index (κ2) is 5.51. The molecule has 2 aromatic carbocycles. The predicted octanol–water partition coefficient (Wildman–Crippen LogP) is 2.83. The summed E-state index contributed by atoms with van der Waals surface area (Å²) in [6.07, 6.45) is 0. The highest BCUT2D eigenvalue weighted by Crippen LogP contribution is 2.44. The van der Waals surface area contributed by atoms with E-state index in [-0.39, 0.29) is 22.4 Å². The Bertz CT molecular complexity index is 803. The fourth-order valence-corrected chi connectivity index (χ4v) is 5.74. The monoisotopic (exact) mass is 325 g/mol. The normalized spacial score (nSPS) is 25.1. The minimum absolute atomic E-state index is 0.0468. The third kappa shape index (κ3) is 2.28. The first-order chi connectivity index (χ1) is 11.2. The van der Waals surface area contributed by atoms with Crippen LogP contribution in [0.5, 0.6) is 0 Å². The summed E-state index contributed by atoms with van der Waals surface area (Å²) in [5.41, 5.74) is 5.46. The van der Waals surface area contributed by atoms with E-state index in [1.807, 2.05) is 30.3 Å². The molecular formula is C18H19N3OS. The average Bonchev–Trinajstić information content (AvgIpc) is 3.06. The van der Waals surface area contributed by atoms with Crippen molar-refractivity contribution in [1.29, 1.82) is 0 Å². The van der Waals surface area contributed by atoms with Crippen LogP contribution in [0.2, 0.25) is 0 Å². The Morgan fingerprint density at radius 2 is 1.78 bits per heavy atom. The number of hydrogen-bond acceptors (Lipinski definition) is 3. The summed E-state index contributed by atoms with van der Waals surface area (Å²) in [5, 5.41) is 1.69. The standard InChI is InChI=1S/C18H19N3OS/c1-13-17(18(22)21(19-13)14-8-4-3-5-9-14)23-12-20(2)15-10-6-7-11-16(15)23/h3-11,13,19H,12H2,1-2H3. The first kappa shape index (κ1) is 14.5. The maximum Gasteiger partial charge on any atom is 0.276 e. The molecule has 2 heterocycles. The van der Waals surface area contributed by atoms with Gasteiger partial charge in [-0.15, -0.1) is 10.5 Å². The third-order valence-corrected chi connectivity index (χ3v) is 6.86. The lowest BCUT2D eigenvalue weighted by atomic mass is 10.2. The molecule has 0 saturated carbocycles. The molecular weight excluding hydrogens is 306 g/mol. The molecule has 5 heteroatoms. The van der Waals surface area contributed by atoms with Gasteiger partial charge in [0.1, 0.15) is 0 Å². The smallest absolute Gasteiger partial charge is 0.276 e. The molecule has 0 aliphatic carbocycles. The molecule has 2 unspecified atom stereocenters. The van der Waals surface area contributed by atoms with Crippen LogP contribution in [0.4, 0.5) is 11.4 Å². The molecule has 0 aromatic heterocycles. The van der Waals surface area contributed by atoms with Crippen LogP contribution in [0.25, 0.3) is 0 Å². The number of rotatable bonds is 1. The molecule has 23 heavy (non-hydrogen) atoms. The van der Waals surface area contributed by atoms with E-state index in [0.29, 0.717) is 0 Å². The number of amides is 1. The number of carbonyl (C=O) groups is 1. The summed E-state index contributed by atoms with van der Waals surface area (Å²) in [4.78, 5) is 17.5. The van der Waals surface area contributed by atoms with Crippen molar-refractivity contribution in [3.8, 4) is 0 Å². The second-order valence-corrected chi connectivity index (χ2v) is 7.80. The molecule has 1 N–H and O–H groups in total. The molecule has 118 valence electrons. The van der Waals surface area contributed by atoms with Crippen LogP contribution in [-0.4, -0.2) is 29.7 Å². The number of anilines is 2. The largest absolute Gasteiger partial charge is 0.365 e. The van der Waals surface area contributed by atoms with Crippen molar-refractivity contribution in [2.45, 2.75) is 17.9 Å².